The van der Waals surface area contributed by atoms with E-state index in [2.05, 4.69) is 16.1 Å². The summed E-state index contributed by atoms with van der Waals surface area (Å²) in [4.78, 5) is 11.0. The summed E-state index contributed by atoms with van der Waals surface area (Å²) in [6, 6.07) is 0. The number of amides is 1. The van der Waals surface area contributed by atoms with Gasteiger partial charge in [0.15, 0.2) is 6.17 Å². The Kier molecular flexibility index (Phi) is 1.12. The summed E-state index contributed by atoms with van der Waals surface area (Å²) in [6.07, 6.45) is 3.16. The lowest BCUT2D eigenvalue weighted by Gasteiger charge is -2.23. The lowest BCUT2D eigenvalue weighted by atomic mass is 10.4. The molecule has 2 aliphatic heterocycles. The summed E-state index contributed by atoms with van der Waals surface area (Å²) in [5.41, 5.74) is 2.96. The van der Waals surface area contributed by atoms with Crippen LogP contribution in [0.1, 0.15) is 0 Å². The predicted molar refractivity (Wildman–Crippen MR) is 34.0 cm³/mol. The Morgan fingerprint density at radius 2 is 2.60 bits per heavy atom. The molecule has 0 aliphatic carbocycles. The molecule has 5 heteroatoms. The van der Waals surface area contributed by atoms with E-state index < -0.39 is 0 Å². The van der Waals surface area contributed by atoms with Gasteiger partial charge in [0.1, 0.15) is 0 Å². The van der Waals surface area contributed by atoms with Gasteiger partial charge in [-0.15, -0.1) is 0 Å². The van der Waals surface area contributed by atoms with Gasteiger partial charge in [0, 0.05) is 12.4 Å². The monoisotopic (exact) mass is 140 g/mol. The molecule has 3 N–H and O–H groups in total. The van der Waals surface area contributed by atoms with Gasteiger partial charge in [0.25, 0.3) is 5.91 Å². The molecule has 0 saturated carbocycles. The maximum Gasteiger partial charge on any atom is 0.263 e. The summed E-state index contributed by atoms with van der Waals surface area (Å²) in [5, 5.41) is 7.28. The minimum Gasteiger partial charge on any atom is -0.328 e. The van der Waals surface area contributed by atoms with Crippen LogP contribution in [0.4, 0.5) is 0 Å². The molecule has 0 aromatic carbocycles. The zero-order valence-corrected chi connectivity index (χ0v) is 5.29. The number of carbonyl (C=O) groups is 1. The van der Waals surface area contributed by atoms with Gasteiger partial charge in [-0.05, 0) is 0 Å². The molecule has 54 valence electrons. The van der Waals surface area contributed by atoms with E-state index in [-0.39, 0.29) is 12.1 Å². The standard InChI is InChI=1S/C5H8N4O/c10-5-4-7-3-8-9(4)2-1-6-5/h1-2,4,7-8H,3H2,(H,6,10). The number of nitrogens with one attached hydrogen (secondary N) is 3. The van der Waals surface area contributed by atoms with Crippen LogP contribution < -0.4 is 16.1 Å². The Morgan fingerprint density at radius 1 is 1.70 bits per heavy atom. The first-order valence-electron chi connectivity index (χ1n) is 3.10. The number of carbonyl (C=O) groups excluding carboxylic acids is 1. The number of hydrogen-bond donors (Lipinski definition) is 3. The summed E-state index contributed by atoms with van der Waals surface area (Å²) in [5.74, 6) is -0.0208. The molecule has 2 heterocycles. The van der Waals surface area contributed by atoms with Gasteiger partial charge < -0.3 is 5.32 Å². The first-order chi connectivity index (χ1) is 4.88. The third-order valence-electron chi connectivity index (χ3n) is 1.54. The predicted octanol–water partition coefficient (Wildman–Crippen LogP) is -1.72. The van der Waals surface area contributed by atoms with Crippen LogP contribution in [0.5, 0.6) is 0 Å². The van der Waals surface area contributed by atoms with Crippen molar-refractivity contribution in [1.29, 1.82) is 0 Å². The van der Waals surface area contributed by atoms with Gasteiger partial charge in [-0.1, -0.05) is 0 Å². The molecule has 0 aromatic heterocycles. The van der Waals surface area contributed by atoms with Crippen LogP contribution in [-0.4, -0.2) is 23.8 Å². The first kappa shape index (κ1) is 5.70. The number of fused-ring (bicyclic) bond motifs is 1. The van der Waals surface area contributed by atoms with Gasteiger partial charge in [0.2, 0.25) is 0 Å². The van der Waals surface area contributed by atoms with Crippen LogP contribution in [-0.2, 0) is 4.79 Å². The first-order valence-corrected chi connectivity index (χ1v) is 3.10. The molecule has 0 radical (unpaired) electrons. The smallest absolute Gasteiger partial charge is 0.263 e. The highest BCUT2D eigenvalue weighted by Gasteiger charge is 2.29. The maximum atomic E-state index is 11.0. The molecule has 2 aliphatic rings. The number of nitrogens with zero attached hydrogens (tertiary/aromatic N) is 1. The van der Waals surface area contributed by atoms with Crippen molar-refractivity contribution in [2.75, 3.05) is 6.67 Å². The molecule has 1 unspecified atom stereocenters. The lowest BCUT2D eigenvalue weighted by molar-refractivity contribution is -0.125. The molecule has 1 amide bonds. The molecule has 0 spiro atoms. The summed E-state index contributed by atoms with van der Waals surface area (Å²) in [6.45, 7) is 0.641. The summed E-state index contributed by atoms with van der Waals surface area (Å²) >= 11 is 0. The molecule has 1 fully saturated rings. The molecular formula is C5H8N4O. The minimum absolute atomic E-state index is 0.0208. The van der Waals surface area contributed by atoms with Crippen LogP contribution in [0.25, 0.3) is 0 Å². The highest BCUT2D eigenvalue weighted by molar-refractivity contribution is 5.83. The fourth-order valence-electron chi connectivity index (χ4n) is 1.06. The zero-order chi connectivity index (χ0) is 6.97. The largest absolute Gasteiger partial charge is 0.328 e. The highest BCUT2D eigenvalue weighted by Crippen LogP contribution is 2.02. The molecule has 1 saturated heterocycles. The van der Waals surface area contributed by atoms with Crippen LogP contribution >= 0.6 is 0 Å². The molecule has 1 atom stereocenters. The van der Waals surface area contributed by atoms with Crippen molar-refractivity contribution in [2.45, 2.75) is 6.17 Å². The van der Waals surface area contributed by atoms with E-state index in [1.807, 2.05) is 0 Å². The van der Waals surface area contributed by atoms with E-state index in [1.54, 1.807) is 17.4 Å². The van der Waals surface area contributed by atoms with E-state index in [4.69, 9.17) is 0 Å². The fourth-order valence-corrected chi connectivity index (χ4v) is 1.06. The van der Waals surface area contributed by atoms with Gasteiger partial charge in [-0.25, -0.2) is 5.43 Å². The average Bonchev–Trinajstić information content (AvgIpc) is 2.36. The number of rotatable bonds is 0. The van der Waals surface area contributed by atoms with Gasteiger partial charge in [-0.3, -0.25) is 15.1 Å². The summed E-state index contributed by atoms with van der Waals surface area (Å²) in [7, 11) is 0. The fraction of sp³-hybridized carbons (Fsp3) is 0.400. The third kappa shape index (κ3) is 0.680. The molecular weight excluding hydrogens is 132 g/mol. The highest BCUT2D eigenvalue weighted by atomic mass is 16.2. The van der Waals surface area contributed by atoms with Crippen LogP contribution in [0.3, 0.4) is 0 Å². The molecule has 2 rings (SSSR count). The van der Waals surface area contributed by atoms with Crippen molar-refractivity contribution >= 4 is 5.91 Å². The quantitative estimate of drug-likeness (QED) is 0.374. The van der Waals surface area contributed by atoms with E-state index in [0.29, 0.717) is 6.67 Å². The molecule has 0 aromatic rings. The zero-order valence-electron chi connectivity index (χ0n) is 5.29. The number of hydrogen-bond acceptors (Lipinski definition) is 4. The van der Waals surface area contributed by atoms with E-state index in [1.165, 1.54) is 0 Å². The average molecular weight is 140 g/mol. The van der Waals surface area contributed by atoms with Crippen LogP contribution in [0.15, 0.2) is 12.4 Å². The van der Waals surface area contributed by atoms with E-state index >= 15 is 0 Å². The molecule has 10 heavy (non-hydrogen) atoms. The molecule has 0 bridgehead atoms. The van der Waals surface area contributed by atoms with Gasteiger partial charge in [0.05, 0.1) is 6.67 Å². The van der Waals surface area contributed by atoms with Crippen molar-refractivity contribution in [3.8, 4) is 0 Å². The Hall–Kier alpha value is -1.07. The van der Waals surface area contributed by atoms with Crippen molar-refractivity contribution < 1.29 is 4.79 Å². The summed E-state index contributed by atoms with van der Waals surface area (Å²) < 4.78 is 0. The van der Waals surface area contributed by atoms with E-state index in [0.717, 1.165) is 0 Å². The minimum atomic E-state index is -0.231. The van der Waals surface area contributed by atoms with Crippen LogP contribution in [0.2, 0.25) is 0 Å². The second-order valence-corrected chi connectivity index (χ2v) is 2.17. The second kappa shape index (κ2) is 1.96. The Balaban J connectivity index is 2.22. The Bertz CT molecular complexity index is 190. The number of hydrazine groups is 1. The molecule has 5 nitrogen and oxygen atoms in total. The SMILES string of the molecule is O=C1NC=CN2NCNC12. The van der Waals surface area contributed by atoms with Gasteiger partial charge >= 0.3 is 0 Å². The van der Waals surface area contributed by atoms with E-state index in [9.17, 15) is 4.79 Å². The maximum absolute atomic E-state index is 11.0. The third-order valence-corrected chi connectivity index (χ3v) is 1.54. The lowest BCUT2D eigenvalue weighted by Crippen LogP contribution is -2.49. The van der Waals surface area contributed by atoms with Crippen molar-refractivity contribution in [3.05, 3.63) is 12.4 Å². The van der Waals surface area contributed by atoms with Crippen molar-refractivity contribution in [1.82, 2.24) is 21.1 Å². The topological polar surface area (TPSA) is 56.4 Å². The van der Waals surface area contributed by atoms with Crippen molar-refractivity contribution in [3.63, 3.8) is 0 Å². The van der Waals surface area contributed by atoms with Crippen molar-refractivity contribution in [2.24, 2.45) is 0 Å². The van der Waals surface area contributed by atoms with Crippen LogP contribution in [0, 0.1) is 0 Å². The second-order valence-electron chi connectivity index (χ2n) is 2.17. The normalized spacial score (nSPS) is 30.2. The van der Waals surface area contributed by atoms with Gasteiger partial charge in [-0.2, -0.15) is 0 Å². The Labute approximate surface area is 58.0 Å². The Morgan fingerprint density at radius 3 is 3.40 bits per heavy atom.